The third-order valence-corrected chi connectivity index (χ3v) is 6.98. The molecule has 0 bridgehead atoms. The van der Waals surface area contributed by atoms with E-state index >= 15 is 0 Å². The van der Waals surface area contributed by atoms with E-state index in [-0.39, 0.29) is 30.4 Å². The van der Waals surface area contributed by atoms with Crippen LogP contribution in [0.5, 0.6) is 11.5 Å². The van der Waals surface area contributed by atoms with E-state index in [9.17, 15) is 18.0 Å². The fourth-order valence-electron chi connectivity index (χ4n) is 4.57. The van der Waals surface area contributed by atoms with Gasteiger partial charge >= 0.3 is 12.1 Å². The molecule has 0 heterocycles. The van der Waals surface area contributed by atoms with Gasteiger partial charge in [0.1, 0.15) is 17.6 Å². The second-order valence-electron chi connectivity index (χ2n) is 9.76. The first-order valence-corrected chi connectivity index (χ1v) is 13.8. The van der Waals surface area contributed by atoms with Crippen LogP contribution in [0.25, 0.3) is 0 Å². The highest BCUT2D eigenvalue weighted by molar-refractivity contribution is 6.32. The van der Waals surface area contributed by atoms with Crippen LogP contribution in [0.3, 0.4) is 0 Å². The zero-order valence-corrected chi connectivity index (χ0v) is 24.7. The van der Waals surface area contributed by atoms with Gasteiger partial charge in [-0.25, -0.2) is 0 Å². The summed E-state index contributed by atoms with van der Waals surface area (Å²) in [5.74, 6) is 0.297. The van der Waals surface area contributed by atoms with Gasteiger partial charge in [0.2, 0.25) is 0 Å². The van der Waals surface area contributed by atoms with Crippen molar-refractivity contribution in [2.75, 3.05) is 19.7 Å². The van der Waals surface area contributed by atoms with E-state index < -0.39 is 23.8 Å². The Kier molecular flexibility index (Phi) is 12.7. The lowest BCUT2D eigenvalue weighted by atomic mass is 10.1. The standard InChI is InChI=1S/C33H31ClF3NO4.ClH/c34-32-26(13-8-17-29(32)33(35,36)37)22-38(18-9-19-41-28-16-7-10-24(20-28)21-31(39)40)23-30(25-11-3-1-4-12-25)42-27-14-5-2-6-15-27;/h1-8,10-17,20,30H,9,18-19,21-23H2,(H,39,40);1H. The molecule has 1 unspecified atom stereocenters. The second kappa shape index (κ2) is 16.2. The van der Waals surface area contributed by atoms with Crippen molar-refractivity contribution in [2.24, 2.45) is 0 Å². The Labute approximate surface area is 260 Å². The Balaban J connectivity index is 0.00000506. The highest BCUT2D eigenvalue weighted by atomic mass is 35.5. The minimum atomic E-state index is -4.57. The zero-order valence-electron chi connectivity index (χ0n) is 23.2. The molecule has 1 atom stereocenters. The Morgan fingerprint density at radius 1 is 0.884 bits per heavy atom. The molecular weight excluding hydrogens is 602 g/mol. The molecule has 4 rings (SSSR count). The van der Waals surface area contributed by atoms with E-state index in [0.29, 0.717) is 48.7 Å². The Bertz CT molecular complexity index is 1440. The summed E-state index contributed by atoms with van der Waals surface area (Å²) in [6, 6.07) is 29.9. The topological polar surface area (TPSA) is 59.0 Å². The number of hydrogen-bond acceptors (Lipinski definition) is 4. The average Bonchev–Trinajstić information content (AvgIpc) is 2.96. The SMILES string of the molecule is Cl.O=C(O)Cc1cccc(OCCCN(Cc2cccc(C(F)(F)F)c2Cl)CC(Oc2ccccc2)c2ccccc2)c1. The largest absolute Gasteiger partial charge is 0.494 e. The molecule has 0 aliphatic heterocycles. The molecule has 0 aromatic heterocycles. The third kappa shape index (κ3) is 10.5. The molecule has 0 amide bonds. The van der Waals surface area contributed by atoms with Crippen molar-refractivity contribution in [1.29, 1.82) is 0 Å². The molecule has 5 nitrogen and oxygen atoms in total. The van der Waals surface area contributed by atoms with Crippen molar-refractivity contribution in [2.45, 2.75) is 31.7 Å². The molecule has 4 aromatic carbocycles. The first-order chi connectivity index (χ1) is 20.2. The monoisotopic (exact) mass is 633 g/mol. The molecule has 0 radical (unpaired) electrons. The van der Waals surface area contributed by atoms with Crippen molar-refractivity contribution < 1.29 is 32.5 Å². The number of ether oxygens (including phenoxy) is 2. The number of carboxylic acids is 1. The van der Waals surface area contributed by atoms with E-state index in [1.165, 1.54) is 6.07 Å². The van der Waals surface area contributed by atoms with Crippen LogP contribution >= 0.6 is 24.0 Å². The minimum absolute atomic E-state index is 0. The molecule has 0 saturated carbocycles. The number of hydrogen-bond donors (Lipinski definition) is 1. The number of nitrogens with zero attached hydrogens (tertiary/aromatic N) is 1. The first kappa shape index (κ1) is 33.8. The van der Waals surface area contributed by atoms with Crippen LogP contribution in [-0.4, -0.2) is 35.7 Å². The van der Waals surface area contributed by atoms with Crippen LogP contribution in [0.2, 0.25) is 5.02 Å². The van der Waals surface area contributed by atoms with Gasteiger partial charge in [-0.3, -0.25) is 9.69 Å². The number of alkyl halides is 3. The second-order valence-corrected chi connectivity index (χ2v) is 10.1. The van der Waals surface area contributed by atoms with Crippen molar-refractivity contribution in [3.63, 3.8) is 0 Å². The highest BCUT2D eigenvalue weighted by Crippen LogP contribution is 2.37. The first-order valence-electron chi connectivity index (χ1n) is 13.5. The van der Waals surface area contributed by atoms with Crippen molar-refractivity contribution in [3.05, 3.63) is 130 Å². The maximum absolute atomic E-state index is 13.6. The summed E-state index contributed by atoms with van der Waals surface area (Å²) in [6.45, 7) is 1.33. The van der Waals surface area contributed by atoms with Gasteiger partial charge in [-0.05, 0) is 53.4 Å². The fraction of sp³-hybridized carbons (Fsp3) is 0.242. The summed E-state index contributed by atoms with van der Waals surface area (Å²) in [7, 11) is 0. The maximum Gasteiger partial charge on any atom is 0.417 e. The summed E-state index contributed by atoms with van der Waals surface area (Å²) < 4.78 is 53.0. The van der Waals surface area contributed by atoms with Gasteiger partial charge < -0.3 is 14.6 Å². The quantitative estimate of drug-likeness (QED) is 0.141. The summed E-state index contributed by atoms with van der Waals surface area (Å²) in [5.41, 5.74) is 1.05. The molecule has 10 heteroatoms. The van der Waals surface area contributed by atoms with Gasteiger partial charge in [-0.2, -0.15) is 13.2 Å². The van der Waals surface area contributed by atoms with Crippen molar-refractivity contribution in [1.82, 2.24) is 4.90 Å². The van der Waals surface area contributed by atoms with Gasteiger partial charge in [0.25, 0.3) is 0 Å². The van der Waals surface area contributed by atoms with Gasteiger partial charge in [0.15, 0.2) is 0 Å². The summed E-state index contributed by atoms with van der Waals surface area (Å²) >= 11 is 6.27. The van der Waals surface area contributed by atoms with Gasteiger partial charge in [-0.1, -0.05) is 84.4 Å². The molecule has 4 aromatic rings. The number of rotatable bonds is 14. The molecule has 0 saturated heterocycles. The molecular formula is C33H32Cl2F3NO4. The fourth-order valence-corrected chi connectivity index (χ4v) is 4.86. The predicted molar refractivity (Wildman–Crippen MR) is 163 cm³/mol. The summed E-state index contributed by atoms with van der Waals surface area (Å²) in [6.07, 6.45) is -4.53. The number of carbonyl (C=O) groups is 1. The molecule has 228 valence electrons. The molecule has 0 aliphatic rings. The summed E-state index contributed by atoms with van der Waals surface area (Å²) in [5, 5.41) is 8.74. The van der Waals surface area contributed by atoms with E-state index in [0.717, 1.165) is 11.6 Å². The van der Waals surface area contributed by atoms with E-state index in [2.05, 4.69) is 0 Å². The Hall–Kier alpha value is -3.72. The van der Waals surface area contributed by atoms with Crippen LogP contribution in [0.15, 0.2) is 103 Å². The number of benzene rings is 4. The average molecular weight is 635 g/mol. The van der Waals surface area contributed by atoms with Crippen LogP contribution in [0, 0.1) is 0 Å². The number of halogens is 5. The van der Waals surface area contributed by atoms with Gasteiger partial charge in [-0.15, -0.1) is 12.4 Å². The molecule has 1 N–H and O–H groups in total. The van der Waals surface area contributed by atoms with Crippen LogP contribution in [0.1, 0.15) is 34.8 Å². The molecule has 0 spiro atoms. The predicted octanol–water partition coefficient (Wildman–Crippen LogP) is 8.50. The van der Waals surface area contributed by atoms with Crippen molar-refractivity contribution in [3.8, 4) is 11.5 Å². The van der Waals surface area contributed by atoms with E-state index in [1.807, 2.05) is 65.6 Å². The van der Waals surface area contributed by atoms with Gasteiger partial charge in [0.05, 0.1) is 23.6 Å². The number of aliphatic carboxylic acids is 1. The van der Waals surface area contributed by atoms with Crippen molar-refractivity contribution >= 4 is 30.0 Å². The third-order valence-electron chi connectivity index (χ3n) is 6.54. The zero-order chi connectivity index (χ0) is 30.0. The molecule has 0 aliphatic carbocycles. The Morgan fingerprint density at radius 3 is 2.21 bits per heavy atom. The lowest BCUT2D eigenvalue weighted by molar-refractivity contribution is -0.138. The normalized spacial score (nSPS) is 11.9. The smallest absolute Gasteiger partial charge is 0.417 e. The van der Waals surface area contributed by atoms with Crippen LogP contribution in [-0.2, 0) is 23.9 Å². The lowest BCUT2D eigenvalue weighted by Crippen LogP contribution is -2.32. The van der Waals surface area contributed by atoms with Crippen LogP contribution in [0.4, 0.5) is 13.2 Å². The number of para-hydroxylation sites is 1. The maximum atomic E-state index is 13.6. The van der Waals surface area contributed by atoms with Crippen LogP contribution < -0.4 is 9.47 Å². The number of carboxylic acid groups (broad SMARTS) is 1. The summed E-state index contributed by atoms with van der Waals surface area (Å²) in [4.78, 5) is 13.0. The Morgan fingerprint density at radius 2 is 1.53 bits per heavy atom. The highest BCUT2D eigenvalue weighted by Gasteiger charge is 2.34. The molecule has 0 fully saturated rings. The molecule has 43 heavy (non-hydrogen) atoms. The van der Waals surface area contributed by atoms with E-state index in [4.69, 9.17) is 26.2 Å². The van der Waals surface area contributed by atoms with E-state index in [1.54, 1.807) is 30.3 Å². The lowest BCUT2D eigenvalue weighted by Gasteiger charge is -2.29. The van der Waals surface area contributed by atoms with Gasteiger partial charge in [0, 0.05) is 19.6 Å². The minimum Gasteiger partial charge on any atom is -0.494 e.